The van der Waals surface area contributed by atoms with Crippen molar-refractivity contribution in [2.75, 3.05) is 7.11 Å². The van der Waals surface area contributed by atoms with Crippen LogP contribution in [-0.2, 0) is 6.42 Å². The lowest BCUT2D eigenvalue weighted by Crippen LogP contribution is -2.39. The summed E-state index contributed by atoms with van der Waals surface area (Å²) in [7, 11) is 1.63. The van der Waals surface area contributed by atoms with Gasteiger partial charge in [0.15, 0.2) is 11.6 Å². The van der Waals surface area contributed by atoms with Crippen LogP contribution < -0.4 is 10.1 Å². The summed E-state index contributed by atoms with van der Waals surface area (Å²) in [5.74, 6) is -1.06. The molecule has 0 aliphatic heterocycles. The van der Waals surface area contributed by atoms with Crippen molar-refractivity contribution < 1.29 is 18.6 Å². The molecule has 3 unspecified atom stereocenters. The maximum absolute atomic E-state index is 13.3. The van der Waals surface area contributed by atoms with Crippen LogP contribution in [0, 0.1) is 11.6 Å². The molecule has 2 aromatic carbocycles. The Morgan fingerprint density at radius 2 is 1.71 bits per heavy atom. The molecule has 5 heteroatoms. The molecule has 0 amide bonds. The van der Waals surface area contributed by atoms with Crippen molar-refractivity contribution in [3.8, 4) is 5.75 Å². The maximum atomic E-state index is 13.3. The summed E-state index contributed by atoms with van der Waals surface area (Å²) in [5, 5.41) is 13.6. The Hall–Kier alpha value is -1.98. The van der Waals surface area contributed by atoms with Gasteiger partial charge in [-0.2, -0.15) is 0 Å². The maximum Gasteiger partial charge on any atom is 0.159 e. The van der Waals surface area contributed by atoms with E-state index in [0.29, 0.717) is 5.56 Å². The Kier molecular flexibility index (Phi) is 6.29. The van der Waals surface area contributed by atoms with Gasteiger partial charge < -0.3 is 15.2 Å². The first kappa shape index (κ1) is 18.4. The highest BCUT2D eigenvalue weighted by molar-refractivity contribution is 5.27. The number of hydrogen-bond acceptors (Lipinski definition) is 3. The highest BCUT2D eigenvalue weighted by Crippen LogP contribution is 2.20. The number of aliphatic hydroxyl groups excluding tert-OH is 1. The number of ether oxygens (including phenoxy) is 1. The number of hydrogen-bond donors (Lipinski definition) is 2. The number of nitrogens with one attached hydrogen (secondary N) is 1. The van der Waals surface area contributed by atoms with Gasteiger partial charge in [0.05, 0.1) is 13.2 Å². The third-order valence-electron chi connectivity index (χ3n) is 4.01. The number of rotatable bonds is 7. The van der Waals surface area contributed by atoms with E-state index in [2.05, 4.69) is 5.32 Å². The molecule has 0 saturated carbocycles. The predicted octanol–water partition coefficient (Wildman–Crippen LogP) is 3.62. The van der Waals surface area contributed by atoms with Crippen LogP contribution in [-0.4, -0.2) is 24.3 Å². The normalized spacial score (nSPS) is 14.9. The number of methoxy groups -OCH3 is 1. The molecule has 2 aromatic rings. The molecule has 3 nitrogen and oxygen atoms in total. The minimum Gasteiger partial charge on any atom is -0.497 e. The molecule has 0 radical (unpaired) electrons. The van der Waals surface area contributed by atoms with Gasteiger partial charge in [0.1, 0.15) is 5.75 Å². The quantitative estimate of drug-likeness (QED) is 0.812. The lowest BCUT2D eigenvalue weighted by Gasteiger charge is -2.25. The van der Waals surface area contributed by atoms with E-state index < -0.39 is 17.7 Å². The van der Waals surface area contributed by atoms with Gasteiger partial charge in [-0.05, 0) is 55.7 Å². The van der Waals surface area contributed by atoms with Crippen LogP contribution in [0.3, 0.4) is 0 Å². The second-order valence-electron chi connectivity index (χ2n) is 6.03. The first-order valence-corrected chi connectivity index (χ1v) is 7.92. The molecule has 0 saturated heterocycles. The Morgan fingerprint density at radius 3 is 2.29 bits per heavy atom. The zero-order valence-electron chi connectivity index (χ0n) is 14.1. The molecule has 130 valence electrons. The van der Waals surface area contributed by atoms with Gasteiger partial charge in [-0.15, -0.1) is 0 Å². The lowest BCUT2D eigenvalue weighted by atomic mass is 10.0. The van der Waals surface area contributed by atoms with E-state index in [1.165, 1.54) is 6.07 Å². The summed E-state index contributed by atoms with van der Waals surface area (Å²) in [4.78, 5) is 0. The molecule has 3 atom stereocenters. The molecule has 0 aromatic heterocycles. The Balaban J connectivity index is 1.94. The summed E-state index contributed by atoms with van der Waals surface area (Å²) in [6.45, 7) is 3.83. The fraction of sp³-hybridized carbons (Fsp3) is 0.368. The molecule has 0 fully saturated rings. The summed E-state index contributed by atoms with van der Waals surface area (Å²) in [6, 6.07) is 11.1. The smallest absolute Gasteiger partial charge is 0.159 e. The van der Waals surface area contributed by atoms with Gasteiger partial charge in [-0.1, -0.05) is 18.2 Å². The summed E-state index contributed by atoms with van der Waals surface area (Å²) >= 11 is 0. The monoisotopic (exact) mass is 335 g/mol. The average Bonchev–Trinajstić information content (AvgIpc) is 2.57. The van der Waals surface area contributed by atoms with Crippen molar-refractivity contribution in [3.05, 3.63) is 65.2 Å². The van der Waals surface area contributed by atoms with Crippen LogP contribution in [0.25, 0.3) is 0 Å². The van der Waals surface area contributed by atoms with E-state index in [4.69, 9.17) is 4.74 Å². The average molecular weight is 335 g/mol. The van der Waals surface area contributed by atoms with Crippen molar-refractivity contribution in [2.24, 2.45) is 0 Å². The van der Waals surface area contributed by atoms with E-state index in [1.807, 2.05) is 38.1 Å². The second-order valence-corrected chi connectivity index (χ2v) is 6.03. The molecule has 24 heavy (non-hydrogen) atoms. The highest BCUT2D eigenvalue weighted by atomic mass is 19.2. The number of aliphatic hydroxyl groups is 1. The van der Waals surface area contributed by atoms with E-state index in [-0.39, 0.29) is 12.1 Å². The summed E-state index contributed by atoms with van der Waals surface area (Å²) < 4.78 is 31.4. The van der Waals surface area contributed by atoms with Crippen molar-refractivity contribution in [1.82, 2.24) is 5.32 Å². The van der Waals surface area contributed by atoms with Crippen molar-refractivity contribution in [3.63, 3.8) is 0 Å². The van der Waals surface area contributed by atoms with Gasteiger partial charge in [-0.3, -0.25) is 0 Å². The van der Waals surface area contributed by atoms with E-state index in [1.54, 1.807) is 7.11 Å². The lowest BCUT2D eigenvalue weighted by molar-refractivity contribution is 0.130. The van der Waals surface area contributed by atoms with Crippen LogP contribution in [0.2, 0.25) is 0 Å². The minimum absolute atomic E-state index is 0.105. The first-order chi connectivity index (χ1) is 11.4. The van der Waals surface area contributed by atoms with Crippen molar-refractivity contribution in [1.29, 1.82) is 0 Å². The van der Waals surface area contributed by atoms with Crippen LogP contribution in [0.4, 0.5) is 8.78 Å². The van der Waals surface area contributed by atoms with Crippen LogP contribution >= 0.6 is 0 Å². The molecule has 0 bridgehead atoms. The van der Waals surface area contributed by atoms with Crippen LogP contribution in [0.15, 0.2) is 42.5 Å². The molecule has 0 heterocycles. The topological polar surface area (TPSA) is 41.5 Å². The third-order valence-corrected chi connectivity index (χ3v) is 4.01. The van der Waals surface area contributed by atoms with Gasteiger partial charge in [0.2, 0.25) is 0 Å². The molecular weight excluding hydrogens is 312 g/mol. The Labute approximate surface area is 141 Å². The molecule has 0 aliphatic rings. The molecular formula is C19H23F2NO2. The third kappa shape index (κ3) is 4.76. The Bertz CT molecular complexity index is 661. The van der Waals surface area contributed by atoms with Gasteiger partial charge in [0.25, 0.3) is 0 Å². The zero-order valence-corrected chi connectivity index (χ0v) is 14.1. The molecule has 2 N–H and O–H groups in total. The van der Waals surface area contributed by atoms with Gasteiger partial charge >= 0.3 is 0 Å². The van der Waals surface area contributed by atoms with E-state index in [9.17, 15) is 13.9 Å². The van der Waals surface area contributed by atoms with Crippen LogP contribution in [0.5, 0.6) is 5.75 Å². The number of benzene rings is 2. The summed E-state index contributed by atoms with van der Waals surface area (Å²) in [5.41, 5.74) is 1.50. The zero-order chi connectivity index (χ0) is 17.7. The van der Waals surface area contributed by atoms with Gasteiger partial charge in [0, 0.05) is 12.1 Å². The highest BCUT2D eigenvalue weighted by Gasteiger charge is 2.19. The fourth-order valence-electron chi connectivity index (χ4n) is 2.70. The largest absolute Gasteiger partial charge is 0.497 e. The predicted molar refractivity (Wildman–Crippen MR) is 90.1 cm³/mol. The van der Waals surface area contributed by atoms with Crippen LogP contribution in [0.1, 0.15) is 31.1 Å². The van der Waals surface area contributed by atoms with E-state index >= 15 is 0 Å². The second kappa shape index (κ2) is 8.22. The standard InChI is InChI=1S/C19H23F2NO2/c1-12(10-14-4-7-16(24-3)8-5-14)22-13(2)19(23)15-6-9-17(20)18(21)11-15/h4-9,11-13,19,22-23H,10H2,1-3H3. The molecule has 2 rings (SSSR count). The first-order valence-electron chi connectivity index (χ1n) is 7.92. The minimum atomic E-state index is -0.954. The van der Waals surface area contributed by atoms with Crippen molar-refractivity contribution in [2.45, 2.75) is 38.5 Å². The summed E-state index contributed by atoms with van der Waals surface area (Å²) in [6.07, 6.45) is -0.142. The van der Waals surface area contributed by atoms with Crippen molar-refractivity contribution >= 4 is 0 Å². The molecule has 0 aliphatic carbocycles. The Morgan fingerprint density at radius 1 is 1.04 bits per heavy atom. The SMILES string of the molecule is COc1ccc(CC(C)NC(C)C(O)c2ccc(F)c(F)c2)cc1. The fourth-order valence-corrected chi connectivity index (χ4v) is 2.70. The van der Waals surface area contributed by atoms with E-state index in [0.717, 1.165) is 29.9 Å². The van der Waals surface area contributed by atoms with Gasteiger partial charge in [-0.25, -0.2) is 8.78 Å². The number of halogens is 2. The molecule has 0 spiro atoms.